The third-order valence-corrected chi connectivity index (χ3v) is 6.44. The highest BCUT2D eigenvalue weighted by molar-refractivity contribution is 14.0. The Morgan fingerprint density at radius 2 is 2.00 bits per heavy atom. The molecular weight excluding hydrogens is 493 g/mol. The standard InChI is InChI=1S/C22H33N5S.HI/c1-16-11-18(14-27(16)13-17-9-7-6-8-10-17)26-21(23-5)24-12-19-15-28-20(25-19)22(2,3)4;/h6-10,15-16,18H,11-14H2,1-5H3,(H2,23,24,26);1H. The molecule has 2 heterocycles. The molecule has 2 N–H and O–H groups in total. The number of likely N-dealkylation sites (tertiary alicyclic amines) is 1. The number of hydrogen-bond acceptors (Lipinski definition) is 4. The van der Waals surface area contributed by atoms with Crippen LogP contribution in [0.25, 0.3) is 0 Å². The maximum absolute atomic E-state index is 4.76. The lowest BCUT2D eigenvalue weighted by Crippen LogP contribution is -2.44. The summed E-state index contributed by atoms with van der Waals surface area (Å²) in [7, 11) is 1.83. The molecule has 3 rings (SSSR count). The maximum atomic E-state index is 4.76. The Balaban J connectivity index is 0.00000300. The van der Waals surface area contributed by atoms with Crippen molar-refractivity contribution in [1.29, 1.82) is 0 Å². The summed E-state index contributed by atoms with van der Waals surface area (Å²) < 4.78 is 0. The molecule has 0 amide bonds. The van der Waals surface area contributed by atoms with Crippen LogP contribution < -0.4 is 10.6 Å². The van der Waals surface area contributed by atoms with E-state index in [9.17, 15) is 0 Å². The van der Waals surface area contributed by atoms with E-state index in [4.69, 9.17) is 4.98 Å². The van der Waals surface area contributed by atoms with Crippen molar-refractivity contribution in [3.05, 3.63) is 52.0 Å². The number of rotatable bonds is 5. The van der Waals surface area contributed by atoms with Gasteiger partial charge in [-0.25, -0.2) is 4.98 Å². The lowest BCUT2D eigenvalue weighted by Gasteiger charge is -2.21. The van der Waals surface area contributed by atoms with Gasteiger partial charge in [-0.05, 0) is 18.9 Å². The van der Waals surface area contributed by atoms with E-state index in [1.165, 1.54) is 10.6 Å². The van der Waals surface area contributed by atoms with Crippen molar-refractivity contribution < 1.29 is 0 Å². The fourth-order valence-corrected chi connectivity index (χ4v) is 4.44. The second kappa shape index (κ2) is 10.7. The molecule has 1 saturated heterocycles. The minimum atomic E-state index is 0. The molecule has 1 aliphatic heterocycles. The van der Waals surface area contributed by atoms with E-state index in [1.54, 1.807) is 11.3 Å². The van der Waals surface area contributed by atoms with Crippen molar-refractivity contribution in [2.24, 2.45) is 4.99 Å². The molecule has 1 aliphatic rings. The third-order valence-electron chi connectivity index (χ3n) is 5.13. The molecule has 29 heavy (non-hydrogen) atoms. The van der Waals surface area contributed by atoms with Crippen LogP contribution in [0.4, 0.5) is 0 Å². The van der Waals surface area contributed by atoms with Crippen LogP contribution in [0.1, 0.15) is 50.4 Å². The summed E-state index contributed by atoms with van der Waals surface area (Å²) in [5.74, 6) is 0.851. The number of nitrogens with zero attached hydrogens (tertiary/aromatic N) is 3. The Bertz CT molecular complexity index is 784. The Morgan fingerprint density at radius 1 is 1.28 bits per heavy atom. The zero-order valence-electron chi connectivity index (χ0n) is 18.1. The van der Waals surface area contributed by atoms with Crippen molar-refractivity contribution in [2.45, 2.75) is 64.7 Å². The molecule has 2 unspecified atom stereocenters. The van der Waals surface area contributed by atoms with E-state index in [-0.39, 0.29) is 29.4 Å². The molecule has 7 heteroatoms. The molecule has 2 atom stereocenters. The van der Waals surface area contributed by atoms with Crippen molar-refractivity contribution in [2.75, 3.05) is 13.6 Å². The summed E-state index contributed by atoms with van der Waals surface area (Å²) >= 11 is 1.73. The van der Waals surface area contributed by atoms with E-state index in [0.717, 1.165) is 31.2 Å². The molecule has 1 aromatic heterocycles. The first-order valence-electron chi connectivity index (χ1n) is 10.0. The molecule has 0 spiro atoms. The lowest BCUT2D eigenvalue weighted by atomic mass is 9.98. The zero-order valence-corrected chi connectivity index (χ0v) is 21.3. The molecule has 2 aromatic rings. The second-order valence-electron chi connectivity index (χ2n) is 8.66. The van der Waals surface area contributed by atoms with Crippen LogP contribution in [-0.4, -0.2) is 41.5 Å². The summed E-state index contributed by atoms with van der Waals surface area (Å²) in [4.78, 5) is 11.7. The van der Waals surface area contributed by atoms with Crippen molar-refractivity contribution in [3.63, 3.8) is 0 Å². The molecule has 1 fully saturated rings. The van der Waals surface area contributed by atoms with Crippen LogP contribution in [0.3, 0.4) is 0 Å². The van der Waals surface area contributed by atoms with Gasteiger partial charge in [0, 0.05) is 43.0 Å². The molecule has 0 saturated carbocycles. The van der Waals surface area contributed by atoms with E-state index in [2.05, 4.69) is 83.9 Å². The highest BCUT2D eigenvalue weighted by Crippen LogP contribution is 2.25. The normalized spacial score (nSPS) is 20.4. The lowest BCUT2D eigenvalue weighted by molar-refractivity contribution is 0.258. The predicted molar refractivity (Wildman–Crippen MR) is 134 cm³/mol. The smallest absolute Gasteiger partial charge is 0.191 e. The summed E-state index contributed by atoms with van der Waals surface area (Å²) in [6, 6.07) is 11.7. The maximum Gasteiger partial charge on any atom is 0.191 e. The van der Waals surface area contributed by atoms with Gasteiger partial charge in [0.15, 0.2) is 5.96 Å². The van der Waals surface area contributed by atoms with Gasteiger partial charge in [0.2, 0.25) is 0 Å². The first-order chi connectivity index (χ1) is 13.3. The highest BCUT2D eigenvalue weighted by atomic mass is 127. The van der Waals surface area contributed by atoms with Crippen LogP contribution in [0.15, 0.2) is 40.7 Å². The van der Waals surface area contributed by atoms with Crippen LogP contribution >= 0.6 is 35.3 Å². The van der Waals surface area contributed by atoms with Gasteiger partial charge in [-0.1, -0.05) is 51.1 Å². The molecule has 0 radical (unpaired) electrons. The van der Waals surface area contributed by atoms with Gasteiger partial charge in [-0.2, -0.15) is 0 Å². The quantitative estimate of drug-likeness (QED) is 0.344. The summed E-state index contributed by atoms with van der Waals surface area (Å²) in [5.41, 5.74) is 2.55. The summed E-state index contributed by atoms with van der Waals surface area (Å²) in [6.07, 6.45) is 1.12. The number of hydrogen-bond donors (Lipinski definition) is 2. The number of guanidine groups is 1. The van der Waals surface area contributed by atoms with Crippen molar-refractivity contribution >= 4 is 41.3 Å². The van der Waals surface area contributed by atoms with Gasteiger partial charge in [0.05, 0.1) is 17.2 Å². The SMILES string of the molecule is CN=C(NCc1csc(C(C)(C)C)n1)NC1CC(C)N(Cc2ccccc2)C1.I. The zero-order chi connectivity index (χ0) is 20.1. The highest BCUT2D eigenvalue weighted by Gasteiger charge is 2.29. The second-order valence-corrected chi connectivity index (χ2v) is 9.52. The number of nitrogens with one attached hydrogen (secondary N) is 2. The van der Waals surface area contributed by atoms with E-state index < -0.39 is 0 Å². The Kier molecular flexibility index (Phi) is 8.91. The molecule has 0 bridgehead atoms. The fourth-order valence-electron chi connectivity index (χ4n) is 3.54. The number of benzene rings is 1. The summed E-state index contributed by atoms with van der Waals surface area (Å²) in [5, 5.41) is 10.3. The fraction of sp³-hybridized carbons (Fsp3) is 0.545. The van der Waals surface area contributed by atoms with Gasteiger partial charge in [-0.3, -0.25) is 9.89 Å². The van der Waals surface area contributed by atoms with Gasteiger partial charge in [0.1, 0.15) is 0 Å². The monoisotopic (exact) mass is 527 g/mol. The molecule has 0 aliphatic carbocycles. The Hall–Kier alpha value is -1.19. The van der Waals surface area contributed by atoms with E-state index in [0.29, 0.717) is 18.6 Å². The number of aromatic nitrogens is 1. The minimum Gasteiger partial charge on any atom is -0.352 e. The van der Waals surface area contributed by atoms with Gasteiger partial charge >= 0.3 is 0 Å². The first-order valence-corrected chi connectivity index (χ1v) is 10.9. The Morgan fingerprint density at radius 3 is 2.62 bits per heavy atom. The van der Waals surface area contributed by atoms with Crippen molar-refractivity contribution in [3.8, 4) is 0 Å². The van der Waals surface area contributed by atoms with Crippen LogP contribution in [0, 0.1) is 0 Å². The topological polar surface area (TPSA) is 52.6 Å². The van der Waals surface area contributed by atoms with Crippen LogP contribution in [0.2, 0.25) is 0 Å². The molecular formula is C22H34IN5S. The largest absolute Gasteiger partial charge is 0.352 e. The average Bonchev–Trinajstić information content (AvgIpc) is 3.26. The predicted octanol–water partition coefficient (Wildman–Crippen LogP) is 4.39. The number of halogens is 1. The van der Waals surface area contributed by atoms with E-state index in [1.807, 2.05) is 7.05 Å². The molecule has 1 aromatic carbocycles. The summed E-state index contributed by atoms with van der Waals surface area (Å²) in [6.45, 7) is 11.6. The van der Waals surface area contributed by atoms with Gasteiger partial charge in [-0.15, -0.1) is 35.3 Å². The third kappa shape index (κ3) is 6.93. The van der Waals surface area contributed by atoms with Crippen LogP contribution in [-0.2, 0) is 18.5 Å². The van der Waals surface area contributed by atoms with Gasteiger partial charge in [0.25, 0.3) is 0 Å². The average molecular weight is 528 g/mol. The number of thiazole rings is 1. The number of aliphatic imine (C=N–C) groups is 1. The van der Waals surface area contributed by atoms with Crippen LogP contribution in [0.5, 0.6) is 0 Å². The minimum absolute atomic E-state index is 0. The van der Waals surface area contributed by atoms with Crippen molar-refractivity contribution in [1.82, 2.24) is 20.5 Å². The first kappa shape index (κ1) is 24.1. The molecule has 5 nitrogen and oxygen atoms in total. The van der Waals surface area contributed by atoms with Gasteiger partial charge < -0.3 is 10.6 Å². The van der Waals surface area contributed by atoms with E-state index >= 15 is 0 Å². The Labute approximate surface area is 196 Å². The molecule has 160 valence electrons.